The zero-order valence-corrected chi connectivity index (χ0v) is 16.0. The number of carbonyl (C=O) groups excluding carboxylic acids is 2. The van der Waals surface area contributed by atoms with Gasteiger partial charge in [0.1, 0.15) is 5.54 Å². The van der Waals surface area contributed by atoms with Gasteiger partial charge in [0.25, 0.3) is 5.91 Å². The molecule has 0 spiro atoms. The Morgan fingerprint density at radius 1 is 1.00 bits per heavy atom. The molecule has 0 saturated carbocycles. The van der Waals surface area contributed by atoms with Crippen LogP contribution in [0.25, 0.3) is 0 Å². The molecule has 1 aliphatic heterocycles. The first-order valence-corrected chi connectivity index (χ1v) is 10.2. The molecule has 29 heavy (non-hydrogen) atoms. The Labute approximate surface area is 165 Å². The average Bonchev–Trinajstić information content (AvgIpc) is 2.89. The van der Waals surface area contributed by atoms with Crippen LogP contribution in [0.1, 0.15) is 18.1 Å². The Balaban J connectivity index is 1.87. The number of rotatable bonds is 5. The van der Waals surface area contributed by atoms with Crippen LogP contribution in [0.15, 0.2) is 59.5 Å². The standard InChI is InChI=1S/C19H17F3N2O4S/c1-18(14-9-5-6-10-15(14)19(20,21)22)16(25)24(17(26)23-18)11-12-29(27,28)13-7-3-2-4-8-13/h2-10H,11-12H2,1H3,(H,23,26). The molecule has 1 unspecified atom stereocenters. The molecule has 0 aromatic heterocycles. The summed E-state index contributed by atoms with van der Waals surface area (Å²) >= 11 is 0. The fraction of sp³-hybridized carbons (Fsp3) is 0.263. The number of hydrogen-bond acceptors (Lipinski definition) is 4. The molecule has 6 nitrogen and oxygen atoms in total. The molecule has 0 aliphatic carbocycles. The summed E-state index contributed by atoms with van der Waals surface area (Å²) in [4.78, 5) is 25.8. The van der Waals surface area contributed by atoms with Crippen molar-refractivity contribution in [1.29, 1.82) is 0 Å². The maximum absolute atomic E-state index is 13.4. The third-order valence-corrected chi connectivity index (χ3v) is 6.44. The molecule has 1 saturated heterocycles. The second-order valence-corrected chi connectivity index (χ2v) is 8.80. The van der Waals surface area contributed by atoms with E-state index in [4.69, 9.17) is 0 Å². The SMILES string of the molecule is CC1(c2ccccc2C(F)(F)F)NC(=O)N(CCS(=O)(=O)c2ccccc2)C1=O. The molecule has 1 fully saturated rings. The molecule has 3 rings (SSSR count). The summed E-state index contributed by atoms with van der Waals surface area (Å²) in [5.74, 6) is -1.49. The minimum atomic E-state index is -4.73. The summed E-state index contributed by atoms with van der Waals surface area (Å²) in [6.07, 6.45) is -4.73. The van der Waals surface area contributed by atoms with Crippen molar-refractivity contribution in [3.63, 3.8) is 0 Å². The third-order valence-electron chi connectivity index (χ3n) is 4.73. The zero-order valence-electron chi connectivity index (χ0n) is 15.2. The van der Waals surface area contributed by atoms with Crippen LogP contribution in [-0.2, 0) is 26.3 Å². The minimum Gasteiger partial charge on any atom is -0.319 e. The van der Waals surface area contributed by atoms with Crippen LogP contribution < -0.4 is 5.32 Å². The van der Waals surface area contributed by atoms with Crippen LogP contribution in [0.2, 0.25) is 0 Å². The lowest BCUT2D eigenvalue weighted by atomic mass is 9.88. The van der Waals surface area contributed by atoms with Gasteiger partial charge in [-0.1, -0.05) is 36.4 Å². The Bertz CT molecular complexity index is 1050. The van der Waals surface area contributed by atoms with Crippen LogP contribution in [0.4, 0.5) is 18.0 Å². The number of imide groups is 1. The number of amides is 3. The molecule has 3 amide bonds. The monoisotopic (exact) mass is 426 g/mol. The van der Waals surface area contributed by atoms with Crippen LogP contribution in [0.5, 0.6) is 0 Å². The second-order valence-electron chi connectivity index (χ2n) is 6.69. The number of sulfone groups is 1. The molecule has 0 radical (unpaired) electrons. The van der Waals surface area contributed by atoms with E-state index in [1.807, 2.05) is 0 Å². The van der Waals surface area contributed by atoms with Gasteiger partial charge in [-0.25, -0.2) is 13.2 Å². The number of nitrogens with one attached hydrogen (secondary N) is 1. The van der Waals surface area contributed by atoms with Crippen molar-refractivity contribution in [2.75, 3.05) is 12.3 Å². The van der Waals surface area contributed by atoms with Gasteiger partial charge in [0, 0.05) is 6.54 Å². The van der Waals surface area contributed by atoms with Gasteiger partial charge >= 0.3 is 12.2 Å². The van der Waals surface area contributed by atoms with Crippen LogP contribution >= 0.6 is 0 Å². The lowest BCUT2D eigenvalue weighted by Gasteiger charge is -2.25. The first-order chi connectivity index (χ1) is 13.5. The molecule has 2 aromatic rings. The van der Waals surface area contributed by atoms with E-state index in [-0.39, 0.29) is 4.90 Å². The van der Waals surface area contributed by atoms with Crippen molar-refractivity contribution >= 4 is 21.8 Å². The van der Waals surface area contributed by atoms with Crippen molar-refractivity contribution in [1.82, 2.24) is 10.2 Å². The summed E-state index contributed by atoms with van der Waals surface area (Å²) in [6, 6.07) is 11.0. The van der Waals surface area contributed by atoms with Crippen LogP contribution in [-0.4, -0.2) is 37.6 Å². The summed E-state index contributed by atoms with van der Waals surface area (Å²) in [5, 5.41) is 2.28. The Morgan fingerprint density at radius 2 is 1.59 bits per heavy atom. The van der Waals surface area contributed by atoms with Gasteiger partial charge in [0.05, 0.1) is 16.2 Å². The summed E-state index contributed by atoms with van der Waals surface area (Å²) < 4.78 is 64.9. The topological polar surface area (TPSA) is 83.6 Å². The van der Waals surface area contributed by atoms with Gasteiger partial charge in [-0.2, -0.15) is 13.2 Å². The van der Waals surface area contributed by atoms with Crippen molar-refractivity contribution in [3.05, 3.63) is 65.7 Å². The molecule has 1 aliphatic rings. The largest absolute Gasteiger partial charge is 0.416 e. The van der Waals surface area contributed by atoms with Crippen molar-refractivity contribution < 1.29 is 31.2 Å². The summed E-state index contributed by atoms with van der Waals surface area (Å²) in [7, 11) is -3.78. The highest BCUT2D eigenvalue weighted by Gasteiger charge is 2.52. The highest BCUT2D eigenvalue weighted by Crippen LogP contribution is 2.39. The lowest BCUT2D eigenvalue weighted by Crippen LogP contribution is -2.42. The maximum atomic E-state index is 13.4. The van der Waals surface area contributed by atoms with E-state index in [1.165, 1.54) is 43.3 Å². The predicted octanol–water partition coefficient (Wildman–Crippen LogP) is 2.95. The number of urea groups is 1. The van der Waals surface area contributed by atoms with Gasteiger partial charge in [0.2, 0.25) is 0 Å². The van der Waals surface area contributed by atoms with Gasteiger partial charge in [-0.05, 0) is 30.7 Å². The van der Waals surface area contributed by atoms with E-state index in [9.17, 15) is 31.2 Å². The van der Waals surface area contributed by atoms with E-state index >= 15 is 0 Å². The minimum absolute atomic E-state index is 0.0252. The van der Waals surface area contributed by atoms with E-state index in [0.29, 0.717) is 4.90 Å². The molecule has 1 N–H and O–H groups in total. The van der Waals surface area contributed by atoms with Crippen LogP contribution in [0, 0.1) is 0 Å². The van der Waals surface area contributed by atoms with Crippen molar-refractivity contribution in [3.8, 4) is 0 Å². The molecule has 1 heterocycles. The Morgan fingerprint density at radius 3 is 2.21 bits per heavy atom. The molecule has 154 valence electrons. The highest BCUT2D eigenvalue weighted by atomic mass is 32.2. The second kappa shape index (κ2) is 7.18. The lowest BCUT2D eigenvalue weighted by molar-refractivity contribution is -0.140. The fourth-order valence-electron chi connectivity index (χ4n) is 3.21. The molecular formula is C19H17F3N2O4S. The fourth-order valence-corrected chi connectivity index (χ4v) is 4.44. The Kier molecular flexibility index (Phi) is 5.16. The molecule has 10 heteroatoms. The Hall–Kier alpha value is -2.88. The number of carbonyl (C=O) groups is 2. The van der Waals surface area contributed by atoms with Crippen molar-refractivity contribution in [2.45, 2.75) is 23.5 Å². The number of nitrogens with zero attached hydrogens (tertiary/aromatic N) is 1. The first-order valence-electron chi connectivity index (χ1n) is 8.55. The van der Waals surface area contributed by atoms with E-state index in [2.05, 4.69) is 5.32 Å². The molecule has 1 atom stereocenters. The van der Waals surface area contributed by atoms with E-state index in [0.717, 1.165) is 12.1 Å². The quantitative estimate of drug-likeness (QED) is 0.746. The van der Waals surface area contributed by atoms with Crippen molar-refractivity contribution in [2.24, 2.45) is 0 Å². The average molecular weight is 426 g/mol. The normalized spacial score (nSPS) is 20.1. The number of alkyl halides is 3. The highest BCUT2D eigenvalue weighted by molar-refractivity contribution is 7.91. The van der Waals surface area contributed by atoms with Gasteiger partial charge in [0.15, 0.2) is 9.84 Å². The molecule has 2 aromatic carbocycles. The van der Waals surface area contributed by atoms with Crippen LogP contribution in [0.3, 0.4) is 0 Å². The predicted molar refractivity (Wildman–Crippen MR) is 97.5 cm³/mol. The molecule has 0 bridgehead atoms. The van der Waals surface area contributed by atoms with Gasteiger partial charge in [-0.3, -0.25) is 9.69 Å². The molecular weight excluding hydrogens is 409 g/mol. The van der Waals surface area contributed by atoms with Gasteiger partial charge in [-0.15, -0.1) is 0 Å². The smallest absolute Gasteiger partial charge is 0.319 e. The first kappa shape index (κ1) is 20.8. The van der Waals surface area contributed by atoms with E-state index < -0.39 is 56.9 Å². The van der Waals surface area contributed by atoms with E-state index in [1.54, 1.807) is 6.07 Å². The number of benzene rings is 2. The number of hydrogen-bond donors (Lipinski definition) is 1. The number of halogens is 3. The maximum Gasteiger partial charge on any atom is 0.416 e. The van der Waals surface area contributed by atoms with Gasteiger partial charge < -0.3 is 5.32 Å². The third kappa shape index (κ3) is 3.84. The summed E-state index contributed by atoms with van der Waals surface area (Å²) in [6.45, 7) is 0.690. The summed E-state index contributed by atoms with van der Waals surface area (Å²) in [5.41, 5.74) is -3.41. The zero-order chi connectivity index (χ0) is 21.4.